The predicted molar refractivity (Wildman–Crippen MR) is 67.4 cm³/mol. The van der Waals surface area contributed by atoms with Crippen LogP contribution in [0.25, 0.3) is 0 Å². The summed E-state index contributed by atoms with van der Waals surface area (Å²) in [5.74, 6) is 0.458. The molecule has 94 valence electrons. The Balaban J connectivity index is 2.98. The molecule has 0 aromatic heterocycles. The molecule has 0 fully saturated rings. The van der Waals surface area contributed by atoms with Gasteiger partial charge in [-0.3, -0.25) is 0 Å². The van der Waals surface area contributed by atoms with Gasteiger partial charge in [-0.15, -0.1) is 0 Å². The molecule has 1 aromatic carbocycles. The molecule has 0 aliphatic carbocycles. The van der Waals surface area contributed by atoms with Gasteiger partial charge in [0.05, 0.1) is 7.11 Å². The van der Waals surface area contributed by atoms with Gasteiger partial charge in [0.1, 0.15) is 5.75 Å². The van der Waals surface area contributed by atoms with Gasteiger partial charge in [-0.25, -0.2) is 4.79 Å². The maximum absolute atomic E-state index is 11.5. The van der Waals surface area contributed by atoms with E-state index in [2.05, 4.69) is 0 Å². The highest BCUT2D eigenvalue weighted by molar-refractivity contribution is 5.75. The Hall–Kier alpha value is -1.51. The third kappa shape index (κ3) is 3.22. The quantitative estimate of drug-likeness (QED) is 0.754. The first-order valence-electron chi connectivity index (χ1n) is 5.82. The van der Waals surface area contributed by atoms with E-state index in [4.69, 9.17) is 9.47 Å². The van der Waals surface area contributed by atoms with E-state index in [0.29, 0.717) is 6.42 Å². The monoisotopic (exact) mass is 236 g/mol. The van der Waals surface area contributed by atoms with E-state index >= 15 is 0 Å². The topological polar surface area (TPSA) is 35.5 Å². The SMILES string of the molecule is CC[C@@H](Oc1c(C)cc(C)cc1C)C(=O)OC. The standard InChI is InChI=1S/C14H20O3/c1-6-12(14(15)16-5)17-13-10(3)7-9(2)8-11(13)4/h7-8,12H,6H2,1-5H3/t12-/m1/s1. The molecule has 1 rings (SSSR count). The van der Waals surface area contributed by atoms with E-state index < -0.39 is 6.10 Å². The van der Waals surface area contributed by atoms with Crippen molar-refractivity contribution in [2.45, 2.75) is 40.2 Å². The van der Waals surface area contributed by atoms with Crippen LogP contribution in [0.5, 0.6) is 5.75 Å². The summed E-state index contributed by atoms with van der Waals surface area (Å²) < 4.78 is 10.5. The average Bonchev–Trinajstić information content (AvgIpc) is 2.27. The number of hydrogen-bond acceptors (Lipinski definition) is 3. The van der Waals surface area contributed by atoms with Gasteiger partial charge in [-0.1, -0.05) is 24.6 Å². The molecule has 0 bridgehead atoms. The van der Waals surface area contributed by atoms with Crippen molar-refractivity contribution >= 4 is 5.97 Å². The Morgan fingerprint density at radius 2 is 1.76 bits per heavy atom. The van der Waals surface area contributed by atoms with Crippen LogP contribution in [-0.2, 0) is 9.53 Å². The molecule has 3 nitrogen and oxygen atoms in total. The zero-order valence-electron chi connectivity index (χ0n) is 11.2. The number of carbonyl (C=O) groups excluding carboxylic acids is 1. The highest BCUT2D eigenvalue weighted by Gasteiger charge is 2.20. The summed E-state index contributed by atoms with van der Waals surface area (Å²) in [7, 11) is 1.38. The molecule has 0 saturated heterocycles. The summed E-state index contributed by atoms with van der Waals surface area (Å²) in [4.78, 5) is 11.5. The minimum Gasteiger partial charge on any atom is -0.478 e. The minimum atomic E-state index is -0.528. The van der Waals surface area contributed by atoms with Crippen molar-refractivity contribution in [3.63, 3.8) is 0 Å². The van der Waals surface area contributed by atoms with Crippen LogP contribution in [0.15, 0.2) is 12.1 Å². The molecule has 0 heterocycles. The lowest BCUT2D eigenvalue weighted by molar-refractivity contribution is -0.148. The molecule has 0 N–H and O–H groups in total. The Morgan fingerprint density at radius 1 is 1.24 bits per heavy atom. The molecule has 1 aromatic rings. The molecule has 0 aliphatic rings. The zero-order valence-corrected chi connectivity index (χ0v) is 11.2. The number of methoxy groups -OCH3 is 1. The highest BCUT2D eigenvalue weighted by atomic mass is 16.6. The zero-order chi connectivity index (χ0) is 13.0. The van der Waals surface area contributed by atoms with Crippen molar-refractivity contribution in [3.8, 4) is 5.75 Å². The first-order chi connectivity index (χ1) is 7.99. The third-order valence-corrected chi connectivity index (χ3v) is 2.70. The van der Waals surface area contributed by atoms with Crippen LogP contribution in [0, 0.1) is 20.8 Å². The number of hydrogen-bond donors (Lipinski definition) is 0. The van der Waals surface area contributed by atoms with E-state index in [1.165, 1.54) is 12.7 Å². The van der Waals surface area contributed by atoms with Crippen molar-refractivity contribution in [3.05, 3.63) is 28.8 Å². The van der Waals surface area contributed by atoms with Gasteiger partial charge in [0.15, 0.2) is 6.10 Å². The maximum atomic E-state index is 11.5. The molecule has 0 spiro atoms. The van der Waals surface area contributed by atoms with E-state index in [1.54, 1.807) is 0 Å². The van der Waals surface area contributed by atoms with Gasteiger partial charge in [0.2, 0.25) is 0 Å². The number of esters is 1. The molecular formula is C14H20O3. The fourth-order valence-corrected chi connectivity index (χ4v) is 1.92. The third-order valence-electron chi connectivity index (χ3n) is 2.70. The molecule has 1 atom stereocenters. The molecule has 0 radical (unpaired) electrons. The largest absolute Gasteiger partial charge is 0.478 e. The van der Waals surface area contributed by atoms with Crippen LogP contribution in [0.2, 0.25) is 0 Å². The van der Waals surface area contributed by atoms with E-state index in [-0.39, 0.29) is 5.97 Å². The fourth-order valence-electron chi connectivity index (χ4n) is 1.92. The minimum absolute atomic E-state index is 0.327. The van der Waals surface area contributed by atoms with E-state index in [1.807, 2.05) is 39.8 Å². The van der Waals surface area contributed by atoms with Gasteiger partial charge < -0.3 is 9.47 Å². The molecule has 0 saturated carbocycles. The second kappa shape index (κ2) is 5.71. The molecule has 0 aliphatic heterocycles. The van der Waals surface area contributed by atoms with Crippen molar-refractivity contribution in [2.24, 2.45) is 0 Å². The lowest BCUT2D eigenvalue weighted by Gasteiger charge is -2.19. The molecule has 0 amide bonds. The van der Waals surface area contributed by atoms with Crippen LogP contribution in [-0.4, -0.2) is 19.2 Å². The summed E-state index contributed by atoms with van der Waals surface area (Å²) in [6.45, 7) is 7.92. The predicted octanol–water partition coefficient (Wildman–Crippen LogP) is 2.94. The van der Waals surface area contributed by atoms with Gasteiger partial charge in [0.25, 0.3) is 0 Å². The van der Waals surface area contributed by atoms with Crippen molar-refractivity contribution < 1.29 is 14.3 Å². The van der Waals surface area contributed by atoms with Crippen LogP contribution >= 0.6 is 0 Å². The average molecular weight is 236 g/mol. The van der Waals surface area contributed by atoms with Gasteiger partial charge >= 0.3 is 5.97 Å². The first kappa shape index (κ1) is 13.6. The molecule has 3 heteroatoms. The summed E-state index contributed by atoms with van der Waals surface area (Å²) in [5.41, 5.74) is 3.29. The number of aryl methyl sites for hydroxylation is 3. The Bertz CT molecular complexity index is 387. The second-order valence-electron chi connectivity index (χ2n) is 4.27. The van der Waals surface area contributed by atoms with Crippen LogP contribution < -0.4 is 4.74 Å². The van der Waals surface area contributed by atoms with Crippen LogP contribution in [0.3, 0.4) is 0 Å². The highest BCUT2D eigenvalue weighted by Crippen LogP contribution is 2.26. The Morgan fingerprint density at radius 3 is 2.18 bits per heavy atom. The van der Waals surface area contributed by atoms with Gasteiger partial charge in [0, 0.05) is 0 Å². The van der Waals surface area contributed by atoms with Crippen molar-refractivity contribution in [1.29, 1.82) is 0 Å². The first-order valence-corrected chi connectivity index (χ1v) is 5.82. The van der Waals surface area contributed by atoms with E-state index in [9.17, 15) is 4.79 Å². The van der Waals surface area contributed by atoms with Gasteiger partial charge in [-0.2, -0.15) is 0 Å². The van der Waals surface area contributed by atoms with Crippen LogP contribution in [0.1, 0.15) is 30.0 Å². The van der Waals surface area contributed by atoms with Gasteiger partial charge in [-0.05, 0) is 38.3 Å². The number of benzene rings is 1. The van der Waals surface area contributed by atoms with Crippen molar-refractivity contribution in [2.75, 3.05) is 7.11 Å². The number of carbonyl (C=O) groups is 1. The number of rotatable bonds is 4. The maximum Gasteiger partial charge on any atom is 0.347 e. The lowest BCUT2D eigenvalue weighted by Crippen LogP contribution is -2.28. The van der Waals surface area contributed by atoms with Crippen molar-refractivity contribution in [1.82, 2.24) is 0 Å². The summed E-state index contributed by atoms with van der Waals surface area (Å²) in [6, 6.07) is 4.10. The molecule has 17 heavy (non-hydrogen) atoms. The second-order valence-corrected chi connectivity index (χ2v) is 4.27. The fraction of sp³-hybridized carbons (Fsp3) is 0.500. The summed E-state index contributed by atoms with van der Waals surface area (Å²) in [6.07, 6.45) is 0.0690. The Labute approximate surface area is 103 Å². The lowest BCUT2D eigenvalue weighted by atomic mass is 10.1. The van der Waals surface area contributed by atoms with Crippen LogP contribution in [0.4, 0.5) is 0 Å². The Kier molecular flexibility index (Phi) is 4.55. The summed E-state index contributed by atoms with van der Waals surface area (Å²) >= 11 is 0. The van der Waals surface area contributed by atoms with E-state index in [0.717, 1.165) is 16.9 Å². The summed E-state index contributed by atoms with van der Waals surface area (Å²) in [5, 5.41) is 0. The molecular weight excluding hydrogens is 216 g/mol. The molecule has 0 unspecified atom stereocenters. The normalized spacial score (nSPS) is 12.1. The number of ether oxygens (including phenoxy) is 2. The smallest absolute Gasteiger partial charge is 0.347 e.